The number of aromatic nitrogens is 1. The quantitative estimate of drug-likeness (QED) is 0.754. The molecule has 2 N–H and O–H groups in total. The van der Waals surface area contributed by atoms with Gasteiger partial charge in [-0.2, -0.15) is 0 Å². The van der Waals surface area contributed by atoms with Gasteiger partial charge < -0.3 is 10.1 Å². The fourth-order valence-electron chi connectivity index (χ4n) is 2.48. The van der Waals surface area contributed by atoms with Gasteiger partial charge in [0.25, 0.3) is 0 Å². The number of H-pyrrole nitrogens is 1. The molecule has 4 heteroatoms. The highest BCUT2D eigenvalue weighted by molar-refractivity contribution is 7.13. The molecular weight excluding hydrogens is 270 g/mol. The Hall–Kier alpha value is -2.07. The Morgan fingerprint density at radius 3 is 2.90 bits per heavy atom. The molecule has 0 aliphatic heterocycles. The first-order valence-electron chi connectivity index (χ1n) is 6.52. The van der Waals surface area contributed by atoms with Crippen LogP contribution in [0.2, 0.25) is 0 Å². The lowest BCUT2D eigenvalue weighted by atomic mass is 10.0. The van der Waals surface area contributed by atoms with Crippen molar-refractivity contribution >= 4 is 28.2 Å². The van der Waals surface area contributed by atoms with Gasteiger partial charge in [0.2, 0.25) is 0 Å². The molecule has 0 atom stereocenters. The summed E-state index contributed by atoms with van der Waals surface area (Å²) in [6.45, 7) is 2.05. The summed E-state index contributed by atoms with van der Waals surface area (Å²) in [4.78, 5) is 15.5. The summed E-state index contributed by atoms with van der Waals surface area (Å²) in [6, 6.07) is 10.3. The SMILES string of the molecule is Cc1ccc2[nH]c(-c3cccs3)c(CCC(=O)O)c2c1. The summed E-state index contributed by atoms with van der Waals surface area (Å²) >= 11 is 1.67. The van der Waals surface area contributed by atoms with Crippen LogP contribution < -0.4 is 0 Å². The van der Waals surface area contributed by atoms with Crippen LogP contribution in [0.4, 0.5) is 0 Å². The van der Waals surface area contributed by atoms with Gasteiger partial charge in [-0.1, -0.05) is 17.7 Å². The normalized spacial score (nSPS) is 11.1. The van der Waals surface area contributed by atoms with Gasteiger partial charge in [0.1, 0.15) is 0 Å². The molecule has 3 nitrogen and oxygen atoms in total. The number of benzene rings is 1. The highest BCUT2D eigenvalue weighted by atomic mass is 32.1. The summed E-state index contributed by atoms with van der Waals surface area (Å²) in [6.07, 6.45) is 0.700. The highest BCUT2D eigenvalue weighted by Gasteiger charge is 2.15. The van der Waals surface area contributed by atoms with E-state index < -0.39 is 5.97 Å². The third kappa shape index (κ3) is 2.34. The van der Waals surface area contributed by atoms with Crippen LogP contribution >= 0.6 is 11.3 Å². The first kappa shape index (κ1) is 12.9. The number of rotatable bonds is 4. The maximum atomic E-state index is 10.9. The van der Waals surface area contributed by atoms with E-state index in [4.69, 9.17) is 5.11 Å². The lowest BCUT2D eigenvalue weighted by Gasteiger charge is -2.02. The molecule has 3 aromatic rings. The minimum absolute atomic E-state index is 0.152. The van der Waals surface area contributed by atoms with Crippen LogP contribution in [0.5, 0.6) is 0 Å². The summed E-state index contributed by atoms with van der Waals surface area (Å²) in [5.41, 5.74) is 4.42. The molecule has 0 unspecified atom stereocenters. The first-order valence-corrected chi connectivity index (χ1v) is 7.40. The summed E-state index contributed by atoms with van der Waals surface area (Å²) in [5.74, 6) is -0.760. The van der Waals surface area contributed by atoms with E-state index in [0.717, 1.165) is 27.0 Å². The first-order chi connectivity index (χ1) is 9.65. The van der Waals surface area contributed by atoms with Crippen LogP contribution in [0.3, 0.4) is 0 Å². The Labute approximate surface area is 120 Å². The minimum atomic E-state index is -0.760. The Morgan fingerprint density at radius 1 is 1.35 bits per heavy atom. The van der Waals surface area contributed by atoms with Crippen molar-refractivity contribution in [2.24, 2.45) is 0 Å². The van der Waals surface area contributed by atoms with Crippen molar-refractivity contribution in [3.05, 3.63) is 46.8 Å². The van der Waals surface area contributed by atoms with Crippen LogP contribution in [-0.4, -0.2) is 16.1 Å². The van der Waals surface area contributed by atoms with Gasteiger partial charge in [-0.05, 0) is 42.5 Å². The van der Waals surface area contributed by atoms with E-state index in [1.54, 1.807) is 11.3 Å². The molecule has 2 aromatic heterocycles. The molecule has 0 spiro atoms. The molecule has 0 amide bonds. The number of hydrogen-bond acceptors (Lipinski definition) is 2. The van der Waals surface area contributed by atoms with E-state index in [1.807, 2.05) is 11.4 Å². The second-order valence-electron chi connectivity index (χ2n) is 4.90. The van der Waals surface area contributed by atoms with Crippen molar-refractivity contribution in [3.63, 3.8) is 0 Å². The highest BCUT2D eigenvalue weighted by Crippen LogP contribution is 2.34. The van der Waals surface area contributed by atoms with Crippen molar-refractivity contribution in [2.75, 3.05) is 0 Å². The molecule has 2 heterocycles. The maximum Gasteiger partial charge on any atom is 0.303 e. The molecule has 1 aromatic carbocycles. The number of aryl methyl sites for hydroxylation is 2. The van der Waals surface area contributed by atoms with Crippen LogP contribution in [0, 0.1) is 6.92 Å². The number of fused-ring (bicyclic) bond motifs is 1. The second kappa shape index (κ2) is 5.13. The lowest BCUT2D eigenvalue weighted by Crippen LogP contribution is -1.98. The number of hydrogen-bond donors (Lipinski definition) is 2. The van der Waals surface area contributed by atoms with Crippen LogP contribution in [-0.2, 0) is 11.2 Å². The van der Waals surface area contributed by atoms with Crippen LogP contribution in [0.25, 0.3) is 21.5 Å². The standard InChI is InChI=1S/C16H15NO2S/c1-10-4-6-13-12(9-10)11(5-7-15(18)19)16(17-13)14-3-2-8-20-14/h2-4,6,8-9,17H,5,7H2,1H3,(H,18,19). The summed E-state index contributed by atoms with van der Waals surface area (Å²) in [7, 11) is 0. The van der Waals surface area contributed by atoms with Gasteiger partial charge in [0, 0.05) is 17.3 Å². The van der Waals surface area contributed by atoms with Gasteiger partial charge >= 0.3 is 5.97 Å². The number of aromatic amines is 1. The molecule has 0 saturated carbocycles. The smallest absolute Gasteiger partial charge is 0.303 e. The number of carbonyl (C=O) groups is 1. The van der Waals surface area contributed by atoms with E-state index in [9.17, 15) is 4.79 Å². The van der Waals surface area contributed by atoms with Crippen LogP contribution in [0.15, 0.2) is 35.7 Å². The Kier molecular flexibility index (Phi) is 3.32. The van der Waals surface area contributed by atoms with Crippen molar-refractivity contribution < 1.29 is 9.90 Å². The van der Waals surface area contributed by atoms with Crippen LogP contribution in [0.1, 0.15) is 17.5 Å². The minimum Gasteiger partial charge on any atom is -0.481 e. The van der Waals surface area contributed by atoms with Gasteiger partial charge in [-0.3, -0.25) is 4.79 Å². The van der Waals surface area contributed by atoms with E-state index >= 15 is 0 Å². The van der Waals surface area contributed by atoms with Crippen molar-refractivity contribution in [1.29, 1.82) is 0 Å². The molecule has 20 heavy (non-hydrogen) atoms. The molecule has 102 valence electrons. The van der Waals surface area contributed by atoms with E-state index in [1.165, 1.54) is 5.56 Å². The predicted molar refractivity (Wildman–Crippen MR) is 82.3 cm³/mol. The summed E-state index contributed by atoms with van der Waals surface area (Å²) < 4.78 is 0. The number of carboxylic acids is 1. The molecule has 0 bridgehead atoms. The molecule has 0 radical (unpaired) electrons. The average Bonchev–Trinajstić information content (AvgIpc) is 3.02. The molecule has 0 aliphatic carbocycles. The summed E-state index contributed by atoms with van der Waals surface area (Å²) in [5, 5.41) is 12.1. The zero-order chi connectivity index (χ0) is 14.1. The lowest BCUT2D eigenvalue weighted by molar-refractivity contribution is -0.136. The van der Waals surface area contributed by atoms with Crippen molar-refractivity contribution in [2.45, 2.75) is 19.8 Å². The van der Waals surface area contributed by atoms with E-state index in [2.05, 4.69) is 36.2 Å². The van der Waals surface area contributed by atoms with Crippen molar-refractivity contribution in [1.82, 2.24) is 4.98 Å². The average molecular weight is 285 g/mol. The third-order valence-corrected chi connectivity index (χ3v) is 4.31. The molecule has 3 rings (SSSR count). The van der Waals surface area contributed by atoms with E-state index in [-0.39, 0.29) is 6.42 Å². The largest absolute Gasteiger partial charge is 0.481 e. The fourth-order valence-corrected chi connectivity index (χ4v) is 3.24. The van der Waals surface area contributed by atoms with Crippen molar-refractivity contribution in [3.8, 4) is 10.6 Å². The molecule has 0 fully saturated rings. The van der Waals surface area contributed by atoms with Gasteiger partial charge in [0.15, 0.2) is 0 Å². The number of nitrogens with one attached hydrogen (secondary N) is 1. The monoisotopic (exact) mass is 285 g/mol. The predicted octanol–water partition coefficient (Wildman–Crippen LogP) is 4.22. The molecule has 0 aliphatic rings. The Balaban J connectivity index is 2.17. The van der Waals surface area contributed by atoms with Gasteiger partial charge in [0.05, 0.1) is 10.6 Å². The topological polar surface area (TPSA) is 53.1 Å². The zero-order valence-corrected chi connectivity index (χ0v) is 12.0. The van der Waals surface area contributed by atoms with E-state index in [0.29, 0.717) is 6.42 Å². The van der Waals surface area contributed by atoms with Gasteiger partial charge in [-0.25, -0.2) is 0 Å². The third-order valence-electron chi connectivity index (χ3n) is 3.42. The zero-order valence-electron chi connectivity index (χ0n) is 11.1. The van der Waals surface area contributed by atoms with Gasteiger partial charge in [-0.15, -0.1) is 11.3 Å². The molecule has 0 saturated heterocycles. The maximum absolute atomic E-state index is 10.9. The Bertz CT molecular complexity index is 756. The number of carboxylic acid groups (broad SMARTS) is 1. The Morgan fingerprint density at radius 2 is 2.20 bits per heavy atom. The second-order valence-corrected chi connectivity index (χ2v) is 5.85. The molecular formula is C16H15NO2S. The number of aliphatic carboxylic acids is 1. The number of thiophene rings is 1. The fraction of sp³-hybridized carbons (Fsp3) is 0.188.